The summed E-state index contributed by atoms with van der Waals surface area (Å²) in [5, 5.41) is 21.5. The summed E-state index contributed by atoms with van der Waals surface area (Å²) in [5.74, 6) is -0.0904. The second kappa shape index (κ2) is 7.05. The third-order valence-electron chi connectivity index (χ3n) is 2.61. The minimum atomic E-state index is -1.13. The molecule has 1 aromatic rings. The van der Waals surface area contributed by atoms with Crippen LogP contribution < -0.4 is 21.5 Å². The van der Waals surface area contributed by atoms with Gasteiger partial charge in [0.1, 0.15) is 11.9 Å². The van der Waals surface area contributed by atoms with E-state index in [9.17, 15) is 9.90 Å². The second-order valence-electron chi connectivity index (χ2n) is 4.02. The number of hydrogen-bond donors (Lipinski definition) is 5. The molecule has 0 aliphatic rings. The van der Waals surface area contributed by atoms with Crippen LogP contribution >= 0.6 is 0 Å². The Kier molecular flexibility index (Phi) is 5.71. The van der Waals surface area contributed by atoms with Crippen LogP contribution in [-0.2, 0) is 11.4 Å². The molecule has 1 amide bonds. The first-order valence-electron chi connectivity index (χ1n) is 5.74. The molecule has 0 aliphatic heterocycles. The molecule has 0 fully saturated rings. The Morgan fingerprint density at radius 1 is 1.47 bits per heavy atom. The number of nitrogens with one attached hydrogen (secondary N) is 1. The van der Waals surface area contributed by atoms with Gasteiger partial charge < -0.3 is 31.7 Å². The molecule has 0 radical (unpaired) electrons. The average molecular weight is 269 g/mol. The number of amides is 1. The lowest BCUT2D eigenvalue weighted by molar-refractivity contribution is -0.122. The second-order valence-corrected chi connectivity index (χ2v) is 4.02. The van der Waals surface area contributed by atoms with Gasteiger partial charge in [-0.15, -0.1) is 0 Å². The van der Waals surface area contributed by atoms with Crippen molar-refractivity contribution < 1.29 is 19.7 Å². The standard InChI is InChI=1S/C12H19N3O4/c1-19-10-3-2-7(6-16)4-8(10)9(17)5-15-12(18)11(13)14/h2-4,9,11,16-17H,5-6,13-14H2,1H3,(H,15,18). The van der Waals surface area contributed by atoms with Crippen molar-refractivity contribution in [1.29, 1.82) is 0 Å². The molecule has 1 unspecified atom stereocenters. The summed E-state index contributed by atoms with van der Waals surface area (Å²) >= 11 is 0. The van der Waals surface area contributed by atoms with E-state index in [4.69, 9.17) is 21.3 Å². The van der Waals surface area contributed by atoms with Gasteiger partial charge in [-0.05, 0) is 17.7 Å². The summed E-state index contributed by atoms with van der Waals surface area (Å²) in [6.07, 6.45) is -2.11. The van der Waals surface area contributed by atoms with Crippen LogP contribution in [0, 0.1) is 0 Å². The topological polar surface area (TPSA) is 131 Å². The number of rotatable bonds is 6. The lowest BCUT2D eigenvalue weighted by Crippen LogP contribution is -2.47. The number of benzene rings is 1. The zero-order chi connectivity index (χ0) is 14.4. The molecule has 0 saturated heterocycles. The first kappa shape index (κ1) is 15.4. The van der Waals surface area contributed by atoms with Crippen molar-refractivity contribution in [3.8, 4) is 5.75 Å². The highest BCUT2D eigenvalue weighted by atomic mass is 16.5. The smallest absolute Gasteiger partial charge is 0.251 e. The first-order chi connectivity index (χ1) is 8.99. The SMILES string of the molecule is COc1ccc(CO)cc1C(O)CNC(=O)C(N)N. The molecule has 0 spiro atoms. The minimum Gasteiger partial charge on any atom is -0.496 e. The summed E-state index contributed by atoms with van der Waals surface area (Å²) in [6, 6.07) is 4.93. The molecule has 1 aromatic carbocycles. The molecule has 7 N–H and O–H groups in total. The number of methoxy groups -OCH3 is 1. The molecular formula is C12H19N3O4. The fourth-order valence-corrected chi connectivity index (χ4v) is 1.57. The van der Waals surface area contributed by atoms with Crippen LogP contribution in [0.3, 0.4) is 0 Å². The van der Waals surface area contributed by atoms with E-state index in [0.717, 1.165) is 0 Å². The Morgan fingerprint density at radius 2 is 2.16 bits per heavy atom. The monoisotopic (exact) mass is 269 g/mol. The van der Waals surface area contributed by atoms with Gasteiger partial charge in [0.05, 0.1) is 19.8 Å². The summed E-state index contributed by atoms with van der Waals surface area (Å²) in [5.41, 5.74) is 11.5. The lowest BCUT2D eigenvalue weighted by Gasteiger charge is -2.17. The average Bonchev–Trinajstić information content (AvgIpc) is 2.43. The van der Waals surface area contributed by atoms with Crippen LogP contribution in [0.25, 0.3) is 0 Å². The van der Waals surface area contributed by atoms with E-state index in [1.54, 1.807) is 18.2 Å². The Bertz CT molecular complexity index is 437. The number of nitrogens with two attached hydrogens (primary N) is 2. The zero-order valence-electron chi connectivity index (χ0n) is 10.7. The maximum absolute atomic E-state index is 11.2. The zero-order valence-corrected chi connectivity index (χ0v) is 10.7. The summed E-state index contributed by atoms with van der Waals surface area (Å²) in [6.45, 7) is -0.196. The highest BCUT2D eigenvalue weighted by Gasteiger charge is 2.16. The molecule has 7 heteroatoms. The van der Waals surface area contributed by atoms with Gasteiger partial charge in [0.2, 0.25) is 0 Å². The number of aliphatic hydroxyl groups is 2. The number of carbonyl (C=O) groups is 1. The number of hydrogen-bond acceptors (Lipinski definition) is 6. The Hall–Kier alpha value is -1.67. The molecule has 0 saturated carbocycles. The fourth-order valence-electron chi connectivity index (χ4n) is 1.57. The normalized spacial score (nSPS) is 12.3. The molecule has 106 valence electrons. The van der Waals surface area contributed by atoms with Gasteiger partial charge >= 0.3 is 0 Å². The Balaban J connectivity index is 2.79. The quantitative estimate of drug-likeness (QED) is 0.403. The van der Waals surface area contributed by atoms with Crippen LogP contribution in [0.15, 0.2) is 18.2 Å². The van der Waals surface area contributed by atoms with Gasteiger partial charge in [-0.2, -0.15) is 0 Å². The molecule has 0 heterocycles. The molecule has 1 rings (SSSR count). The van der Waals surface area contributed by atoms with Crippen molar-refractivity contribution in [2.45, 2.75) is 18.9 Å². The van der Waals surface area contributed by atoms with Gasteiger partial charge in [-0.3, -0.25) is 4.79 Å². The molecule has 0 aliphatic carbocycles. The van der Waals surface area contributed by atoms with E-state index in [-0.39, 0.29) is 13.2 Å². The molecule has 1 atom stereocenters. The molecular weight excluding hydrogens is 250 g/mol. The summed E-state index contributed by atoms with van der Waals surface area (Å²) in [4.78, 5) is 11.2. The minimum absolute atomic E-state index is 0.0467. The third-order valence-corrected chi connectivity index (χ3v) is 2.61. The van der Waals surface area contributed by atoms with Gasteiger partial charge in [-0.1, -0.05) is 6.07 Å². The maximum Gasteiger partial charge on any atom is 0.251 e. The Morgan fingerprint density at radius 3 is 2.68 bits per heavy atom. The molecule has 0 aromatic heterocycles. The van der Waals surface area contributed by atoms with Crippen molar-refractivity contribution in [1.82, 2.24) is 5.32 Å². The van der Waals surface area contributed by atoms with E-state index in [2.05, 4.69) is 5.32 Å². The van der Waals surface area contributed by atoms with Gasteiger partial charge in [-0.25, -0.2) is 0 Å². The van der Waals surface area contributed by atoms with Crippen LogP contribution in [0.1, 0.15) is 17.2 Å². The molecule has 19 heavy (non-hydrogen) atoms. The fraction of sp³-hybridized carbons (Fsp3) is 0.417. The van der Waals surface area contributed by atoms with E-state index < -0.39 is 18.2 Å². The predicted molar refractivity (Wildman–Crippen MR) is 69.0 cm³/mol. The van der Waals surface area contributed by atoms with Crippen LogP contribution in [0.4, 0.5) is 0 Å². The van der Waals surface area contributed by atoms with Crippen LogP contribution in [0.5, 0.6) is 5.75 Å². The van der Waals surface area contributed by atoms with Crippen LogP contribution in [0.2, 0.25) is 0 Å². The number of aliphatic hydroxyl groups excluding tert-OH is 2. The number of ether oxygens (including phenoxy) is 1. The van der Waals surface area contributed by atoms with E-state index in [1.165, 1.54) is 7.11 Å². The van der Waals surface area contributed by atoms with Gasteiger partial charge in [0.15, 0.2) is 0 Å². The van der Waals surface area contributed by atoms with Crippen molar-refractivity contribution >= 4 is 5.91 Å². The van der Waals surface area contributed by atoms with Crippen molar-refractivity contribution in [2.24, 2.45) is 11.5 Å². The highest BCUT2D eigenvalue weighted by molar-refractivity contribution is 5.80. The summed E-state index contributed by atoms with van der Waals surface area (Å²) in [7, 11) is 1.47. The summed E-state index contributed by atoms with van der Waals surface area (Å²) < 4.78 is 5.12. The predicted octanol–water partition coefficient (Wildman–Crippen LogP) is -1.42. The largest absolute Gasteiger partial charge is 0.496 e. The van der Waals surface area contributed by atoms with E-state index in [0.29, 0.717) is 16.9 Å². The van der Waals surface area contributed by atoms with Crippen molar-refractivity contribution in [3.05, 3.63) is 29.3 Å². The molecule has 7 nitrogen and oxygen atoms in total. The van der Waals surface area contributed by atoms with Gasteiger partial charge in [0.25, 0.3) is 5.91 Å². The van der Waals surface area contributed by atoms with E-state index in [1.807, 2.05) is 0 Å². The molecule has 0 bridgehead atoms. The number of carbonyl (C=O) groups excluding carboxylic acids is 1. The maximum atomic E-state index is 11.2. The highest BCUT2D eigenvalue weighted by Crippen LogP contribution is 2.26. The van der Waals surface area contributed by atoms with Crippen molar-refractivity contribution in [3.63, 3.8) is 0 Å². The Labute approximate surface area is 111 Å². The van der Waals surface area contributed by atoms with Crippen LogP contribution in [-0.4, -0.2) is 35.9 Å². The lowest BCUT2D eigenvalue weighted by atomic mass is 10.0. The van der Waals surface area contributed by atoms with Gasteiger partial charge in [0, 0.05) is 12.1 Å². The third kappa shape index (κ3) is 4.18. The van der Waals surface area contributed by atoms with Crippen molar-refractivity contribution in [2.75, 3.05) is 13.7 Å². The van der Waals surface area contributed by atoms with E-state index >= 15 is 0 Å². The first-order valence-corrected chi connectivity index (χ1v) is 5.74.